The highest BCUT2D eigenvalue weighted by Gasteiger charge is 2.25. The Bertz CT molecular complexity index is 1450. The maximum absolute atomic E-state index is 15.0. The lowest BCUT2D eigenvalue weighted by Crippen LogP contribution is -2.40. The van der Waals surface area contributed by atoms with Crippen molar-refractivity contribution >= 4 is 33.7 Å². The monoisotopic (exact) mass is 462 g/mol. The number of nitrogens with zero attached hydrogens (tertiary/aromatic N) is 5. The van der Waals surface area contributed by atoms with E-state index in [-0.39, 0.29) is 24.1 Å². The van der Waals surface area contributed by atoms with E-state index in [0.29, 0.717) is 64.8 Å². The highest BCUT2D eigenvalue weighted by atomic mass is 19.1. The van der Waals surface area contributed by atoms with Crippen molar-refractivity contribution < 1.29 is 13.9 Å². The van der Waals surface area contributed by atoms with E-state index in [1.165, 1.54) is 25.6 Å². The first kappa shape index (κ1) is 21.9. The number of nitrogen functional groups attached to an aromatic ring is 1. The molecule has 0 amide bonds. The summed E-state index contributed by atoms with van der Waals surface area (Å²) in [6, 6.07) is 6.27. The molecule has 1 aliphatic rings. The van der Waals surface area contributed by atoms with E-state index in [1.54, 1.807) is 29.0 Å². The molecule has 2 N–H and O–H groups in total. The van der Waals surface area contributed by atoms with Crippen LogP contribution in [0.4, 0.5) is 10.2 Å². The number of pyridine rings is 2. The molecule has 0 unspecified atom stereocenters. The van der Waals surface area contributed by atoms with E-state index in [1.807, 2.05) is 4.90 Å². The fourth-order valence-corrected chi connectivity index (χ4v) is 4.56. The summed E-state index contributed by atoms with van der Waals surface area (Å²) < 4.78 is 21.5. The Labute approximate surface area is 194 Å². The summed E-state index contributed by atoms with van der Waals surface area (Å²) in [5.41, 5.74) is 7.96. The first-order valence-electron chi connectivity index (χ1n) is 10.9. The van der Waals surface area contributed by atoms with Crippen molar-refractivity contribution in [2.24, 2.45) is 0 Å². The van der Waals surface area contributed by atoms with Gasteiger partial charge >= 0.3 is 5.97 Å². The molecule has 4 aromatic rings. The van der Waals surface area contributed by atoms with Gasteiger partial charge in [-0.3, -0.25) is 19.5 Å². The Kier molecular flexibility index (Phi) is 5.66. The van der Waals surface area contributed by atoms with Crippen LogP contribution in [0.1, 0.15) is 18.9 Å². The average molecular weight is 462 g/mol. The molecular formula is C24H23FN6O3. The van der Waals surface area contributed by atoms with E-state index >= 15 is 0 Å². The number of esters is 1. The van der Waals surface area contributed by atoms with Gasteiger partial charge < -0.3 is 15.0 Å². The number of anilines is 1. The number of methoxy groups -OCH3 is 1. The van der Waals surface area contributed by atoms with Crippen LogP contribution >= 0.6 is 0 Å². The predicted molar refractivity (Wildman–Crippen MR) is 126 cm³/mol. The number of hydrogen-bond acceptors (Lipinski definition) is 8. The number of benzene rings is 1. The minimum absolute atomic E-state index is 0.0933. The number of carbonyl (C=O) groups excluding carboxylic acids is 1. The van der Waals surface area contributed by atoms with Crippen molar-refractivity contribution in [2.45, 2.75) is 18.9 Å². The van der Waals surface area contributed by atoms with E-state index in [0.717, 1.165) is 0 Å². The van der Waals surface area contributed by atoms with Crippen molar-refractivity contribution in [3.05, 3.63) is 59.0 Å². The zero-order valence-corrected chi connectivity index (χ0v) is 18.6. The fourth-order valence-electron chi connectivity index (χ4n) is 4.56. The van der Waals surface area contributed by atoms with E-state index in [2.05, 4.69) is 15.0 Å². The van der Waals surface area contributed by atoms with Gasteiger partial charge in [-0.25, -0.2) is 14.4 Å². The molecule has 0 saturated carbocycles. The third-order valence-electron chi connectivity index (χ3n) is 6.30. The zero-order valence-electron chi connectivity index (χ0n) is 18.6. The summed E-state index contributed by atoms with van der Waals surface area (Å²) in [4.78, 5) is 39.4. The van der Waals surface area contributed by atoms with Crippen LogP contribution < -0.4 is 11.3 Å². The van der Waals surface area contributed by atoms with Gasteiger partial charge in [-0.1, -0.05) is 0 Å². The smallest absolute Gasteiger partial charge is 0.319 e. The lowest BCUT2D eigenvalue weighted by Gasteiger charge is -2.32. The van der Waals surface area contributed by atoms with Gasteiger partial charge in [0, 0.05) is 47.9 Å². The number of ether oxygens (including phenoxy) is 1. The quantitative estimate of drug-likeness (QED) is 0.363. The highest BCUT2D eigenvalue weighted by Crippen LogP contribution is 2.32. The Morgan fingerprint density at radius 3 is 2.59 bits per heavy atom. The molecule has 0 aliphatic carbocycles. The third-order valence-corrected chi connectivity index (χ3v) is 6.30. The Morgan fingerprint density at radius 1 is 1.12 bits per heavy atom. The third kappa shape index (κ3) is 3.96. The van der Waals surface area contributed by atoms with Crippen LogP contribution in [0, 0.1) is 5.82 Å². The van der Waals surface area contributed by atoms with Crippen LogP contribution in [0.15, 0.2) is 47.7 Å². The number of halogens is 1. The van der Waals surface area contributed by atoms with Crippen molar-refractivity contribution in [3.63, 3.8) is 0 Å². The Morgan fingerprint density at radius 2 is 1.88 bits per heavy atom. The number of fused-ring (bicyclic) bond motifs is 3. The average Bonchev–Trinajstić information content (AvgIpc) is 2.84. The molecule has 0 bridgehead atoms. The molecular weight excluding hydrogens is 439 g/mol. The highest BCUT2D eigenvalue weighted by molar-refractivity contribution is 6.03. The molecule has 0 radical (unpaired) electrons. The molecule has 174 valence electrons. The number of likely N-dealkylation sites (tertiary alicyclic amines) is 1. The summed E-state index contributed by atoms with van der Waals surface area (Å²) in [5, 5.41) is 0.632. The van der Waals surface area contributed by atoms with Gasteiger partial charge in [-0.15, -0.1) is 0 Å². The van der Waals surface area contributed by atoms with Crippen LogP contribution in [0.25, 0.3) is 33.1 Å². The topological polar surface area (TPSA) is 116 Å². The number of rotatable bonds is 4. The second-order valence-electron chi connectivity index (χ2n) is 8.36. The lowest BCUT2D eigenvalue weighted by atomic mass is 10.0. The van der Waals surface area contributed by atoms with Crippen molar-refractivity contribution in [1.29, 1.82) is 0 Å². The fraction of sp³-hybridized carbons (Fsp3) is 0.292. The normalized spacial score (nSPS) is 15.1. The van der Waals surface area contributed by atoms with Crippen molar-refractivity contribution in [3.8, 4) is 11.1 Å². The first-order valence-corrected chi connectivity index (χ1v) is 10.9. The standard InChI is InChI=1S/C24H23FN6O3/c1-34-23(33)13-30-6-4-15(5-7-30)31-22(32)12-28-20-11-27-19-9-18(25)16(8-17(19)24(20)31)14-2-3-21(26)29-10-14/h2-3,8-12,15H,4-7,13H2,1H3,(H2,26,29). The Balaban J connectivity index is 1.62. The number of aromatic nitrogens is 4. The molecule has 1 aromatic carbocycles. The second kappa shape index (κ2) is 8.79. The molecule has 9 nitrogen and oxygen atoms in total. The van der Waals surface area contributed by atoms with E-state index in [4.69, 9.17) is 10.5 Å². The minimum Gasteiger partial charge on any atom is -0.468 e. The number of nitrogens with two attached hydrogens (primary N) is 1. The summed E-state index contributed by atoms with van der Waals surface area (Å²) >= 11 is 0. The summed E-state index contributed by atoms with van der Waals surface area (Å²) in [7, 11) is 1.37. The number of carbonyl (C=O) groups is 1. The van der Waals surface area contributed by atoms with Gasteiger partial charge in [0.05, 0.1) is 37.1 Å². The van der Waals surface area contributed by atoms with Gasteiger partial charge in [0.2, 0.25) is 0 Å². The zero-order chi connectivity index (χ0) is 23.8. The molecule has 3 aromatic heterocycles. The molecule has 10 heteroatoms. The number of hydrogen-bond donors (Lipinski definition) is 1. The Hall–Kier alpha value is -3.92. The molecule has 1 aliphatic heterocycles. The summed E-state index contributed by atoms with van der Waals surface area (Å²) in [5.74, 6) is -0.387. The molecule has 34 heavy (non-hydrogen) atoms. The minimum atomic E-state index is -0.445. The van der Waals surface area contributed by atoms with Crippen LogP contribution in [0.5, 0.6) is 0 Å². The predicted octanol–water partition coefficient (Wildman–Crippen LogP) is 2.54. The van der Waals surface area contributed by atoms with Gasteiger partial charge in [0.15, 0.2) is 0 Å². The van der Waals surface area contributed by atoms with Crippen LogP contribution in [0.2, 0.25) is 0 Å². The van der Waals surface area contributed by atoms with E-state index < -0.39 is 5.82 Å². The van der Waals surface area contributed by atoms with Crippen molar-refractivity contribution in [1.82, 2.24) is 24.4 Å². The van der Waals surface area contributed by atoms with Crippen molar-refractivity contribution in [2.75, 3.05) is 32.5 Å². The molecule has 4 heterocycles. The molecule has 0 atom stereocenters. The van der Waals surface area contributed by atoms with Crippen LogP contribution in [-0.4, -0.2) is 57.1 Å². The molecule has 0 spiro atoms. The van der Waals surface area contributed by atoms with Gasteiger partial charge in [-0.2, -0.15) is 0 Å². The van der Waals surface area contributed by atoms with Crippen LogP contribution in [-0.2, 0) is 9.53 Å². The van der Waals surface area contributed by atoms with E-state index in [9.17, 15) is 14.0 Å². The largest absolute Gasteiger partial charge is 0.468 e. The molecule has 1 saturated heterocycles. The first-order chi connectivity index (χ1) is 16.4. The van der Waals surface area contributed by atoms with Crippen LogP contribution in [0.3, 0.4) is 0 Å². The van der Waals surface area contributed by atoms with Gasteiger partial charge in [0.25, 0.3) is 5.56 Å². The maximum Gasteiger partial charge on any atom is 0.319 e. The SMILES string of the molecule is COC(=O)CN1CCC(n2c(=O)cnc3cnc4cc(F)c(-c5ccc(N)nc5)cc4c32)CC1. The maximum atomic E-state index is 15.0. The van der Waals surface area contributed by atoms with Gasteiger partial charge in [-0.05, 0) is 31.0 Å². The van der Waals surface area contributed by atoms with Gasteiger partial charge in [0.1, 0.15) is 17.2 Å². The molecule has 5 rings (SSSR count). The molecule has 1 fully saturated rings. The second-order valence-corrected chi connectivity index (χ2v) is 8.36. The number of piperidine rings is 1. The summed E-state index contributed by atoms with van der Waals surface area (Å²) in [6.07, 6.45) is 5.72. The summed E-state index contributed by atoms with van der Waals surface area (Å²) in [6.45, 7) is 1.52. The lowest BCUT2D eigenvalue weighted by molar-refractivity contribution is -0.142.